The van der Waals surface area contributed by atoms with Crippen LogP contribution in [0.3, 0.4) is 0 Å². The molecule has 5 heteroatoms. The van der Waals surface area contributed by atoms with Crippen LogP contribution in [0.25, 0.3) is 11.3 Å². The summed E-state index contributed by atoms with van der Waals surface area (Å²) in [5.74, 6) is -0.463. The number of amides is 1. The Hall–Kier alpha value is -2.53. The van der Waals surface area contributed by atoms with Gasteiger partial charge in [0.15, 0.2) is 5.13 Å². The van der Waals surface area contributed by atoms with Crippen LogP contribution in [-0.2, 0) is 0 Å². The van der Waals surface area contributed by atoms with Crippen LogP contribution in [0.15, 0.2) is 47.8 Å². The average molecular weight is 326 g/mol. The second-order valence-electron chi connectivity index (χ2n) is 5.32. The fourth-order valence-electron chi connectivity index (χ4n) is 2.32. The molecule has 3 rings (SSSR count). The number of nitrogens with zero attached hydrogens (tertiary/aromatic N) is 1. The number of aryl methyl sites for hydroxylation is 2. The lowest BCUT2D eigenvalue weighted by Gasteiger charge is -2.06. The molecule has 3 aromatic rings. The van der Waals surface area contributed by atoms with E-state index in [1.54, 1.807) is 12.1 Å². The Morgan fingerprint density at radius 2 is 1.87 bits per heavy atom. The summed E-state index contributed by atoms with van der Waals surface area (Å²) >= 11 is 1.34. The van der Waals surface area contributed by atoms with Gasteiger partial charge in [-0.3, -0.25) is 10.1 Å². The zero-order valence-electron chi connectivity index (χ0n) is 12.8. The van der Waals surface area contributed by atoms with Crippen molar-refractivity contribution in [2.75, 3.05) is 5.32 Å². The summed E-state index contributed by atoms with van der Waals surface area (Å²) < 4.78 is 13.0. The molecule has 0 saturated heterocycles. The summed E-state index contributed by atoms with van der Waals surface area (Å²) in [6.07, 6.45) is 0. The Morgan fingerprint density at radius 1 is 1.13 bits per heavy atom. The lowest BCUT2D eigenvalue weighted by atomic mass is 10.1. The minimum Gasteiger partial charge on any atom is -0.298 e. The molecule has 2 aromatic carbocycles. The van der Waals surface area contributed by atoms with E-state index < -0.39 is 0 Å². The predicted octanol–water partition coefficient (Wildman–Crippen LogP) is 4.82. The Bertz CT molecular complexity index is 856. The number of rotatable bonds is 3. The van der Waals surface area contributed by atoms with Gasteiger partial charge in [-0.2, -0.15) is 0 Å². The van der Waals surface area contributed by atoms with E-state index >= 15 is 0 Å². The molecule has 0 bridgehead atoms. The van der Waals surface area contributed by atoms with Crippen molar-refractivity contribution in [3.05, 3.63) is 70.4 Å². The maximum Gasteiger partial charge on any atom is 0.257 e. The number of hydrogen-bond acceptors (Lipinski definition) is 3. The number of thiazole rings is 1. The molecule has 1 amide bonds. The normalized spacial score (nSPS) is 10.6. The van der Waals surface area contributed by atoms with E-state index in [-0.39, 0.29) is 11.7 Å². The molecule has 3 nitrogen and oxygen atoms in total. The van der Waals surface area contributed by atoms with Crippen molar-refractivity contribution in [3.8, 4) is 11.3 Å². The van der Waals surface area contributed by atoms with Crippen LogP contribution in [0.5, 0.6) is 0 Å². The van der Waals surface area contributed by atoms with E-state index in [0.717, 1.165) is 16.7 Å². The third kappa shape index (κ3) is 3.46. The molecule has 0 unspecified atom stereocenters. The number of hydrogen-bond donors (Lipinski definition) is 1. The average Bonchev–Trinajstić information content (AvgIpc) is 2.96. The van der Waals surface area contributed by atoms with Gasteiger partial charge in [-0.1, -0.05) is 17.7 Å². The number of carbonyl (C=O) groups is 1. The van der Waals surface area contributed by atoms with E-state index in [9.17, 15) is 9.18 Å². The van der Waals surface area contributed by atoms with Crippen molar-refractivity contribution < 1.29 is 9.18 Å². The number of nitrogens with one attached hydrogen (secondary N) is 1. The molecule has 0 aliphatic carbocycles. The van der Waals surface area contributed by atoms with Crippen LogP contribution in [0, 0.1) is 19.7 Å². The van der Waals surface area contributed by atoms with Gasteiger partial charge < -0.3 is 0 Å². The second-order valence-corrected chi connectivity index (χ2v) is 6.18. The Morgan fingerprint density at radius 3 is 2.57 bits per heavy atom. The monoisotopic (exact) mass is 326 g/mol. The number of benzene rings is 2. The summed E-state index contributed by atoms with van der Waals surface area (Å²) in [5.41, 5.74) is 4.21. The van der Waals surface area contributed by atoms with Gasteiger partial charge in [-0.05, 0) is 49.7 Å². The summed E-state index contributed by atoms with van der Waals surface area (Å²) in [6, 6.07) is 11.8. The molecule has 0 spiro atoms. The van der Waals surface area contributed by atoms with Crippen LogP contribution >= 0.6 is 11.3 Å². The highest BCUT2D eigenvalue weighted by atomic mass is 32.1. The van der Waals surface area contributed by atoms with E-state index in [1.807, 2.05) is 37.4 Å². The molecular weight excluding hydrogens is 311 g/mol. The molecule has 23 heavy (non-hydrogen) atoms. The zero-order valence-corrected chi connectivity index (χ0v) is 13.6. The Balaban J connectivity index is 1.78. The standard InChI is InChI=1S/C18H15FN2OS/c1-11-3-8-15(12(2)9-11)17(22)21-18-20-16(10-23-18)13-4-6-14(19)7-5-13/h3-10H,1-2H3,(H,20,21,22). The zero-order chi connectivity index (χ0) is 16.4. The number of anilines is 1. The molecule has 1 N–H and O–H groups in total. The molecule has 0 aliphatic heterocycles. The van der Waals surface area contributed by atoms with Crippen LogP contribution in [0.2, 0.25) is 0 Å². The lowest BCUT2D eigenvalue weighted by Crippen LogP contribution is -2.13. The highest BCUT2D eigenvalue weighted by Crippen LogP contribution is 2.25. The quantitative estimate of drug-likeness (QED) is 0.750. The summed E-state index contributed by atoms with van der Waals surface area (Å²) in [7, 11) is 0. The van der Waals surface area contributed by atoms with Crippen molar-refractivity contribution >= 4 is 22.4 Å². The first-order valence-corrected chi connectivity index (χ1v) is 8.01. The van der Waals surface area contributed by atoms with Gasteiger partial charge in [0.25, 0.3) is 5.91 Å². The minimum absolute atomic E-state index is 0.178. The Labute approximate surface area is 137 Å². The summed E-state index contributed by atoms with van der Waals surface area (Å²) in [5, 5.41) is 5.18. The maximum atomic E-state index is 13.0. The highest BCUT2D eigenvalue weighted by molar-refractivity contribution is 7.14. The van der Waals surface area contributed by atoms with Crippen molar-refractivity contribution in [1.82, 2.24) is 4.98 Å². The first-order valence-electron chi connectivity index (χ1n) is 7.13. The molecule has 0 aliphatic rings. The number of carbonyl (C=O) groups excluding carboxylic acids is 1. The lowest BCUT2D eigenvalue weighted by molar-refractivity contribution is 0.102. The highest BCUT2D eigenvalue weighted by Gasteiger charge is 2.12. The van der Waals surface area contributed by atoms with E-state index in [0.29, 0.717) is 16.4 Å². The van der Waals surface area contributed by atoms with Crippen molar-refractivity contribution in [1.29, 1.82) is 0 Å². The fourth-order valence-corrected chi connectivity index (χ4v) is 3.03. The second kappa shape index (κ2) is 6.30. The first-order chi connectivity index (χ1) is 11.0. The van der Waals surface area contributed by atoms with Crippen LogP contribution in [0.4, 0.5) is 9.52 Å². The van der Waals surface area contributed by atoms with Crippen molar-refractivity contribution in [2.24, 2.45) is 0 Å². The predicted molar refractivity (Wildman–Crippen MR) is 91.4 cm³/mol. The van der Waals surface area contributed by atoms with Crippen LogP contribution in [0.1, 0.15) is 21.5 Å². The summed E-state index contributed by atoms with van der Waals surface area (Å²) in [6.45, 7) is 3.90. The van der Waals surface area contributed by atoms with E-state index in [4.69, 9.17) is 0 Å². The van der Waals surface area contributed by atoms with Gasteiger partial charge in [0.1, 0.15) is 5.82 Å². The molecule has 1 aromatic heterocycles. The summed E-state index contributed by atoms with van der Waals surface area (Å²) in [4.78, 5) is 16.7. The van der Waals surface area contributed by atoms with E-state index in [1.165, 1.54) is 23.5 Å². The van der Waals surface area contributed by atoms with Gasteiger partial charge in [0.2, 0.25) is 0 Å². The topological polar surface area (TPSA) is 42.0 Å². The van der Waals surface area contributed by atoms with Crippen LogP contribution < -0.4 is 5.32 Å². The third-order valence-electron chi connectivity index (χ3n) is 3.49. The van der Waals surface area contributed by atoms with Gasteiger partial charge in [0.05, 0.1) is 5.69 Å². The minimum atomic E-state index is -0.285. The van der Waals surface area contributed by atoms with Gasteiger partial charge in [-0.15, -0.1) is 11.3 Å². The molecule has 0 atom stereocenters. The van der Waals surface area contributed by atoms with Crippen molar-refractivity contribution in [2.45, 2.75) is 13.8 Å². The fraction of sp³-hybridized carbons (Fsp3) is 0.111. The Kier molecular flexibility index (Phi) is 4.21. The molecule has 1 heterocycles. The first kappa shape index (κ1) is 15.4. The SMILES string of the molecule is Cc1ccc(C(=O)Nc2nc(-c3ccc(F)cc3)cs2)c(C)c1. The number of aromatic nitrogens is 1. The molecule has 0 saturated carbocycles. The smallest absolute Gasteiger partial charge is 0.257 e. The number of halogens is 1. The van der Waals surface area contributed by atoms with Crippen LogP contribution in [-0.4, -0.2) is 10.9 Å². The van der Waals surface area contributed by atoms with E-state index in [2.05, 4.69) is 10.3 Å². The molecule has 0 fully saturated rings. The largest absolute Gasteiger partial charge is 0.298 e. The van der Waals surface area contributed by atoms with Gasteiger partial charge in [-0.25, -0.2) is 9.37 Å². The maximum absolute atomic E-state index is 13.0. The molecule has 116 valence electrons. The van der Waals surface area contributed by atoms with Gasteiger partial charge in [0, 0.05) is 16.5 Å². The molecule has 0 radical (unpaired) electrons. The third-order valence-corrected chi connectivity index (χ3v) is 4.25. The van der Waals surface area contributed by atoms with Gasteiger partial charge >= 0.3 is 0 Å². The van der Waals surface area contributed by atoms with Crippen molar-refractivity contribution in [3.63, 3.8) is 0 Å². The molecular formula is C18H15FN2OS.